The Kier molecular flexibility index (Phi) is 4.57. The van der Waals surface area contributed by atoms with Gasteiger partial charge in [-0.1, -0.05) is 29.8 Å². The summed E-state index contributed by atoms with van der Waals surface area (Å²) < 4.78 is 0. The lowest BCUT2D eigenvalue weighted by molar-refractivity contribution is 0.132. The number of aryl methyl sites for hydroxylation is 1. The van der Waals surface area contributed by atoms with Crippen molar-refractivity contribution in [2.24, 2.45) is 5.92 Å². The predicted octanol–water partition coefficient (Wildman–Crippen LogP) is 2.24. The summed E-state index contributed by atoms with van der Waals surface area (Å²) in [7, 11) is 0. The molecule has 94 valence electrons. The Hall–Kier alpha value is -0.860. The molecule has 0 unspecified atom stereocenters. The molecule has 17 heavy (non-hydrogen) atoms. The molecule has 1 aromatic rings. The number of rotatable bonds is 4. The van der Waals surface area contributed by atoms with Crippen LogP contribution in [0.2, 0.25) is 0 Å². The average molecular weight is 233 g/mol. The lowest BCUT2D eigenvalue weighted by Crippen LogP contribution is -2.36. The van der Waals surface area contributed by atoms with Crippen molar-refractivity contribution in [1.29, 1.82) is 0 Å². The molecule has 1 fully saturated rings. The van der Waals surface area contributed by atoms with Crippen LogP contribution in [0.25, 0.3) is 0 Å². The molecule has 0 saturated carbocycles. The largest absolute Gasteiger partial charge is 0.396 e. The average Bonchev–Trinajstić information content (AvgIpc) is 2.39. The van der Waals surface area contributed by atoms with Crippen LogP contribution in [-0.4, -0.2) is 36.2 Å². The van der Waals surface area contributed by atoms with Crippen molar-refractivity contribution in [3.05, 3.63) is 35.4 Å². The van der Waals surface area contributed by atoms with Crippen molar-refractivity contribution in [3.8, 4) is 0 Å². The van der Waals surface area contributed by atoms with E-state index in [4.69, 9.17) is 5.11 Å². The molecule has 2 nitrogen and oxygen atoms in total. The Labute approximate surface area is 104 Å². The summed E-state index contributed by atoms with van der Waals surface area (Å²) in [5.41, 5.74) is 2.76. The van der Waals surface area contributed by atoms with Crippen molar-refractivity contribution in [1.82, 2.24) is 4.90 Å². The lowest BCUT2D eigenvalue weighted by atomic mass is 9.97. The van der Waals surface area contributed by atoms with Crippen LogP contribution in [0.4, 0.5) is 0 Å². The number of hydrogen-bond donors (Lipinski definition) is 1. The fraction of sp³-hybridized carbons (Fsp3) is 0.600. The maximum absolute atomic E-state index is 9.09. The first-order valence-corrected chi connectivity index (χ1v) is 6.66. The highest BCUT2D eigenvalue weighted by Crippen LogP contribution is 2.16. The Balaban J connectivity index is 1.74. The molecule has 1 saturated heterocycles. The highest BCUT2D eigenvalue weighted by molar-refractivity contribution is 5.21. The molecular formula is C15H23NO. The van der Waals surface area contributed by atoms with Crippen molar-refractivity contribution < 1.29 is 5.11 Å². The second-order valence-electron chi connectivity index (χ2n) is 5.20. The summed E-state index contributed by atoms with van der Waals surface area (Å²) in [6.45, 7) is 5.95. The van der Waals surface area contributed by atoms with Gasteiger partial charge < -0.3 is 10.0 Å². The van der Waals surface area contributed by atoms with Gasteiger partial charge in [-0.15, -0.1) is 0 Å². The molecule has 1 aliphatic heterocycles. The number of nitrogens with zero attached hydrogens (tertiary/aromatic N) is 1. The van der Waals surface area contributed by atoms with E-state index < -0.39 is 0 Å². The molecular weight excluding hydrogens is 210 g/mol. The zero-order valence-corrected chi connectivity index (χ0v) is 10.7. The van der Waals surface area contributed by atoms with E-state index in [-0.39, 0.29) is 0 Å². The second kappa shape index (κ2) is 6.18. The van der Waals surface area contributed by atoms with Gasteiger partial charge in [-0.05, 0) is 50.8 Å². The summed E-state index contributed by atoms with van der Waals surface area (Å²) in [5, 5.41) is 9.09. The summed E-state index contributed by atoms with van der Waals surface area (Å²) in [4.78, 5) is 2.52. The highest BCUT2D eigenvalue weighted by Gasteiger charge is 2.17. The number of likely N-dealkylation sites (tertiary alicyclic amines) is 1. The fourth-order valence-electron chi connectivity index (χ4n) is 2.43. The number of aliphatic hydroxyl groups excluding tert-OH is 1. The fourth-order valence-corrected chi connectivity index (χ4v) is 2.43. The maximum atomic E-state index is 9.09. The molecule has 0 aromatic heterocycles. The van der Waals surface area contributed by atoms with Crippen molar-refractivity contribution in [2.45, 2.75) is 26.2 Å². The van der Waals surface area contributed by atoms with E-state index in [0.29, 0.717) is 12.5 Å². The second-order valence-corrected chi connectivity index (χ2v) is 5.20. The molecule has 1 aromatic carbocycles. The number of benzene rings is 1. The standard InChI is InChI=1S/C15H23NO/c1-13-2-4-14(5-3-13)6-9-16-10-7-15(12-17)8-11-16/h2-5,15,17H,6-12H2,1H3. The normalized spacial score (nSPS) is 18.5. The van der Waals surface area contributed by atoms with E-state index in [2.05, 4.69) is 36.1 Å². The lowest BCUT2D eigenvalue weighted by Gasteiger charge is -2.30. The molecule has 1 N–H and O–H groups in total. The van der Waals surface area contributed by atoms with E-state index in [1.54, 1.807) is 0 Å². The van der Waals surface area contributed by atoms with Gasteiger partial charge in [-0.3, -0.25) is 0 Å². The van der Waals surface area contributed by atoms with E-state index in [9.17, 15) is 0 Å². The monoisotopic (exact) mass is 233 g/mol. The minimum atomic E-state index is 0.367. The Morgan fingerprint density at radius 3 is 2.41 bits per heavy atom. The van der Waals surface area contributed by atoms with Crippen molar-refractivity contribution in [3.63, 3.8) is 0 Å². The van der Waals surface area contributed by atoms with E-state index in [1.807, 2.05) is 0 Å². The minimum Gasteiger partial charge on any atom is -0.396 e. The van der Waals surface area contributed by atoms with Gasteiger partial charge >= 0.3 is 0 Å². The van der Waals surface area contributed by atoms with E-state index >= 15 is 0 Å². The first-order chi connectivity index (χ1) is 8.28. The van der Waals surface area contributed by atoms with Gasteiger partial charge in [0.05, 0.1) is 0 Å². The Bertz CT molecular complexity index is 325. The van der Waals surface area contributed by atoms with Crippen LogP contribution in [0.3, 0.4) is 0 Å². The van der Waals surface area contributed by atoms with Crippen LogP contribution in [0, 0.1) is 12.8 Å². The summed E-state index contributed by atoms with van der Waals surface area (Å²) in [6, 6.07) is 8.84. The Morgan fingerprint density at radius 1 is 1.18 bits per heavy atom. The summed E-state index contributed by atoms with van der Waals surface area (Å²) >= 11 is 0. The van der Waals surface area contributed by atoms with Gasteiger partial charge in [0.25, 0.3) is 0 Å². The SMILES string of the molecule is Cc1ccc(CCN2CCC(CO)CC2)cc1. The maximum Gasteiger partial charge on any atom is 0.0460 e. The summed E-state index contributed by atoms with van der Waals surface area (Å²) in [6.07, 6.45) is 3.46. The molecule has 0 bridgehead atoms. The van der Waals surface area contributed by atoms with Crippen molar-refractivity contribution in [2.75, 3.05) is 26.2 Å². The van der Waals surface area contributed by atoms with Gasteiger partial charge in [-0.25, -0.2) is 0 Å². The van der Waals surface area contributed by atoms with Crippen LogP contribution in [0.1, 0.15) is 24.0 Å². The van der Waals surface area contributed by atoms with Crippen LogP contribution in [-0.2, 0) is 6.42 Å². The van der Waals surface area contributed by atoms with Crippen LogP contribution >= 0.6 is 0 Å². The molecule has 0 aliphatic carbocycles. The third kappa shape index (κ3) is 3.83. The van der Waals surface area contributed by atoms with Gasteiger partial charge in [-0.2, -0.15) is 0 Å². The van der Waals surface area contributed by atoms with Crippen LogP contribution < -0.4 is 0 Å². The molecule has 0 spiro atoms. The molecule has 0 amide bonds. The third-order valence-electron chi connectivity index (χ3n) is 3.80. The Morgan fingerprint density at radius 2 is 1.82 bits per heavy atom. The van der Waals surface area contributed by atoms with Gasteiger partial charge in [0.2, 0.25) is 0 Å². The molecule has 0 radical (unpaired) electrons. The van der Waals surface area contributed by atoms with E-state index in [0.717, 1.165) is 38.9 Å². The molecule has 0 atom stereocenters. The topological polar surface area (TPSA) is 23.5 Å². The molecule has 1 aliphatic rings. The summed E-state index contributed by atoms with van der Waals surface area (Å²) in [5.74, 6) is 0.547. The zero-order valence-electron chi connectivity index (χ0n) is 10.7. The van der Waals surface area contributed by atoms with Crippen LogP contribution in [0.15, 0.2) is 24.3 Å². The van der Waals surface area contributed by atoms with Crippen molar-refractivity contribution >= 4 is 0 Å². The molecule has 2 rings (SSSR count). The predicted molar refractivity (Wildman–Crippen MR) is 71.1 cm³/mol. The van der Waals surface area contributed by atoms with Crippen LogP contribution in [0.5, 0.6) is 0 Å². The third-order valence-corrected chi connectivity index (χ3v) is 3.80. The zero-order chi connectivity index (χ0) is 12.1. The highest BCUT2D eigenvalue weighted by atomic mass is 16.3. The van der Waals surface area contributed by atoms with Gasteiger partial charge in [0.15, 0.2) is 0 Å². The minimum absolute atomic E-state index is 0.367. The quantitative estimate of drug-likeness (QED) is 0.862. The molecule has 1 heterocycles. The van der Waals surface area contributed by atoms with E-state index in [1.165, 1.54) is 11.1 Å². The first-order valence-electron chi connectivity index (χ1n) is 6.66. The number of piperidine rings is 1. The van der Waals surface area contributed by atoms with Gasteiger partial charge in [0, 0.05) is 13.2 Å². The molecule has 2 heteroatoms. The smallest absolute Gasteiger partial charge is 0.0460 e. The van der Waals surface area contributed by atoms with Gasteiger partial charge in [0.1, 0.15) is 0 Å². The first kappa shape index (κ1) is 12.6. The number of hydrogen-bond acceptors (Lipinski definition) is 2. The number of aliphatic hydroxyl groups is 1.